The molecule has 2 N–H and O–H groups in total. The number of carbonyl (C=O) groups is 2. The Morgan fingerprint density at radius 3 is 2.59 bits per heavy atom. The molecule has 22 heavy (non-hydrogen) atoms. The second-order valence-corrected chi connectivity index (χ2v) is 5.04. The Morgan fingerprint density at radius 1 is 1.36 bits per heavy atom. The van der Waals surface area contributed by atoms with Crippen molar-refractivity contribution in [2.45, 2.75) is 24.7 Å². The van der Waals surface area contributed by atoms with Gasteiger partial charge in [-0.1, -0.05) is 30.3 Å². The topological polar surface area (TPSA) is 69.6 Å². The van der Waals surface area contributed by atoms with Gasteiger partial charge in [-0.15, -0.1) is 0 Å². The average Bonchev–Trinajstić information content (AvgIpc) is 2.78. The Hall–Kier alpha value is -2.09. The van der Waals surface area contributed by atoms with Gasteiger partial charge in [0.2, 0.25) is 5.91 Å². The summed E-state index contributed by atoms with van der Waals surface area (Å²) in [6, 6.07) is 7.03. The Morgan fingerprint density at radius 2 is 2.00 bits per heavy atom. The first-order chi connectivity index (χ1) is 10.3. The standard InChI is InChI=1S/C14H15F3N2O3/c15-14(16,17)8-19-7-6-10(13(19)22)18-12(21)11(20)9-4-2-1-3-5-9/h1-5,10-11,20H,6-8H2,(H,18,21). The number of nitrogens with zero attached hydrogens (tertiary/aromatic N) is 1. The van der Waals surface area contributed by atoms with E-state index in [4.69, 9.17) is 0 Å². The van der Waals surface area contributed by atoms with Crippen molar-refractivity contribution < 1.29 is 27.9 Å². The molecule has 120 valence electrons. The lowest BCUT2D eigenvalue weighted by Crippen LogP contribution is -2.45. The maximum absolute atomic E-state index is 12.3. The van der Waals surface area contributed by atoms with Crippen molar-refractivity contribution in [1.82, 2.24) is 10.2 Å². The third kappa shape index (κ3) is 3.97. The van der Waals surface area contributed by atoms with Crippen molar-refractivity contribution in [3.63, 3.8) is 0 Å². The lowest BCUT2D eigenvalue weighted by molar-refractivity contribution is -0.158. The van der Waals surface area contributed by atoms with Crippen LogP contribution in [0.2, 0.25) is 0 Å². The molecule has 1 saturated heterocycles. The van der Waals surface area contributed by atoms with Gasteiger partial charge in [-0.25, -0.2) is 0 Å². The fourth-order valence-corrected chi connectivity index (χ4v) is 2.28. The summed E-state index contributed by atoms with van der Waals surface area (Å²) < 4.78 is 36.9. The zero-order valence-corrected chi connectivity index (χ0v) is 11.5. The summed E-state index contributed by atoms with van der Waals surface area (Å²) in [7, 11) is 0. The second-order valence-electron chi connectivity index (χ2n) is 5.04. The first kappa shape index (κ1) is 16.3. The van der Waals surface area contributed by atoms with Crippen molar-refractivity contribution in [3.8, 4) is 0 Å². The minimum absolute atomic E-state index is 0.0786. The summed E-state index contributed by atoms with van der Waals surface area (Å²) in [6.07, 6.45) is -5.86. The molecule has 0 aromatic heterocycles. The van der Waals surface area contributed by atoms with E-state index in [1.165, 1.54) is 12.1 Å². The highest BCUT2D eigenvalue weighted by atomic mass is 19.4. The third-order valence-corrected chi connectivity index (χ3v) is 3.35. The summed E-state index contributed by atoms with van der Waals surface area (Å²) in [5.41, 5.74) is 0.345. The van der Waals surface area contributed by atoms with Crippen molar-refractivity contribution in [1.29, 1.82) is 0 Å². The Kier molecular flexibility index (Phi) is 4.70. The minimum Gasteiger partial charge on any atom is -0.378 e. The average molecular weight is 316 g/mol. The number of hydrogen-bond donors (Lipinski definition) is 2. The van der Waals surface area contributed by atoms with E-state index in [1.807, 2.05) is 0 Å². The van der Waals surface area contributed by atoms with Gasteiger partial charge >= 0.3 is 6.18 Å². The van der Waals surface area contributed by atoms with Crippen LogP contribution in [-0.4, -0.2) is 47.1 Å². The molecular formula is C14H15F3N2O3. The number of halogens is 3. The highest BCUT2D eigenvalue weighted by Crippen LogP contribution is 2.21. The molecule has 0 saturated carbocycles. The molecule has 0 bridgehead atoms. The molecule has 1 aliphatic rings. The molecule has 0 radical (unpaired) electrons. The Labute approximate surface area is 124 Å². The molecule has 1 fully saturated rings. The van der Waals surface area contributed by atoms with E-state index >= 15 is 0 Å². The Bertz CT molecular complexity index is 548. The first-order valence-corrected chi connectivity index (χ1v) is 6.67. The SMILES string of the molecule is O=C(NC1CCN(CC(F)(F)F)C1=O)C(O)c1ccccc1. The predicted molar refractivity (Wildman–Crippen MR) is 70.6 cm³/mol. The summed E-state index contributed by atoms with van der Waals surface area (Å²) in [5.74, 6) is -1.59. The summed E-state index contributed by atoms with van der Waals surface area (Å²) in [5, 5.41) is 12.2. The van der Waals surface area contributed by atoms with Gasteiger partial charge in [-0.2, -0.15) is 13.2 Å². The van der Waals surface area contributed by atoms with Crippen LogP contribution < -0.4 is 5.32 Å². The number of benzene rings is 1. The van der Waals surface area contributed by atoms with Gasteiger partial charge in [-0.3, -0.25) is 9.59 Å². The van der Waals surface area contributed by atoms with E-state index in [0.717, 1.165) is 0 Å². The largest absolute Gasteiger partial charge is 0.406 e. The minimum atomic E-state index is -4.47. The lowest BCUT2D eigenvalue weighted by Gasteiger charge is -2.19. The van der Waals surface area contributed by atoms with Crippen LogP contribution in [0, 0.1) is 0 Å². The molecule has 2 atom stereocenters. The number of amides is 2. The van der Waals surface area contributed by atoms with Crippen LogP contribution in [0.3, 0.4) is 0 Å². The lowest BCUT2D eigenvalue weighted by atomic mass is 10.1. The number of aliphatic hydroxyl groups excluding tert-OH is 1. The quantitative estimate of drug-likeness (QED) is 0.871. The predicted octanol–water partition coefficient (Wildman–Crippen LogP) is 0.999. The molecular weight excluding hydrogens is 301 g/mol. The number of aliphatic hydroxyl groups is 1. The monoisotopic (exact) mass is 316 g/mol. The molecule has 1 heterocycles. The number of rotatable bonds is 4. The fourth-order valence-electron chi connectivity index (χ4n) is 2.28. The van der Waals surface area contributed by atoms with Crippen molar-refractivity contribution in [3.05, 3.63) is 35.9 Å². The summed E-state index contributed by atoms with van der Waals surface area (Å²) in [6.45, 7) is -1.41. The fraction of sp³-hybridized carbons (Fsp3) is 0.429. The van der Waals surface area contributed by atoms with E-state index in [-0.39, 0.29) is 13.0 Å². The highest BCUT2D eigenvalue weighted by Gasteiger charge is 2.40. The zero-order chi connectivity index (χ0) is 16.3. The number of nitrogens with one attached hydrogen (secondary N) is 1. The van der Waals surface area contributed by atoms with Crippen LogP contribution in [0.15, 0.2) is 30.3 Å². The van der Waals surface area contributed by atoms with Crippen molar-refractivity contribution >= 4 is 11.8 Å². The van der Waals surface area contributed by atoms with Gasteiger partial charge in [-0.05, 0) is 12.0 Å². The normalized spacial score (nSPS) is 20.1. The smallest absolute Gasteiger partial charge is 0.378 e. The van der Waals surface area contributed by atoms with Crippen molar-refractivity contribution in [2.24, 2.45) is 0 Å². The van der Waals surface area contributed by atoms with E-state index in [9.17, 15) is 27.9 Å². The van der Waals surface area contributed by atoms with E-state index in [1.54, 1.807) is 18.2 Å². The molecule has 2 amide bonds. The molecule has 1 aromatic rings. The summed E-state index contributed by atoms with van der Waals surface area (Å²) >= 11 is 0. The van der Waals surface area contributed by atoms with Crippen LogP contribution in [0.25, 0.3) is 0 Å². The van der Waals surface area contributed by atoms with E-state index < -0.39 is 36.7 Å². The van der Waals surface area contributed by atoms with E-state index in [2.05, 4.69) is 5.32 Å². The zero-order valence-electron chi connectivity index (χ0n) is 11.5. The van der Waals surface area contributed by atoms with Gasteiger partial charge in [0.1, 0.15) is 12.6 Å². The Balaban J connectivity index is 1.94. The number of alkyl halides is 3. The summed E-state index contributed by atoms with van der Waals surface area (Å²) in [4.78, 5) is 24.3. The van der Waals surface area contributed by atoms with Crippen LogP contribution in [0.4, 0.5) is 13.2 Å². The molecule has 8 heteroatoms. The van der Waals surface area contributed by atoms with Gasteiger partial charge < -0.3 is 15.3 Å². The maximum atomic E-state index is 12.3. The number of hydrogen-bond acceptors (Lipinski definition) is 3. The molecule has 0 aliphatic carbocycles. The van der Waals surface area contributed by atoms with Crippen molar-refractivity contribution in [2.75, 3.05) is 13.1 Å². The van der Waals surface area contributed by atoms with Crippen LogP contribution in [0.5, 0.6) is 0 Å². The molecule has 1 aromatic carbocycles. The first-order valence-electron chi connectivity index (χ1n) is 6.67. The molecule has 2 rings (SSSR count). The highest BCUT2D eigenvalue weighted by molar-refractivity contribution is 5.91. The van der Waals surface area contributed by atoms with E-state index in [0.29, 0.717) is 10.5 Å². The van der Waals surface area contributed by atoms with Crippen LogP contribution in [0.1, 0.15) is 18.1 Å². The molecule has 0 spiro atoms. The van der Waals surface area contributed by atoms with Gasteiger partial charge in [0, 0.05) is 6.54 Å². The molecule has 1 aliphatic heterocycles. The van der Waals surface area contributed by atoms with Crippen LogP contribution in [-0.2, 0) is 9.59 Å². The molecule has 5 nitrogen and oxygen atoms in total. The van der Waals surface area contributed by atoms with Gasteiger partial charge in [0.15, 0.2) is 6.10 Å². The maximum Gasteiger partial charge on any atom is 0.406 e. The molecule has 2 unspecified atom stereocenters. The van der Waals surface area contributed by atoms with Gasteiger partial charge in [0.25, 0.3) is 5.91 Å². The second kappa shape index (κ2) is 6.35. The third-order valence-electron chi connectivity index (χ3n) is 3.35. The number of carbonyl (C=O) groups excluding carboxylic acids is 2. The van der Waals surface area contributed by atoms with Gasteiger partial charge in [0.05, 0.1) is 0 Å². The number of likely N-dealkylation sites (tertiary alicyclic amines) is 1. The van der Waals surface area contributed by atoms with Crippen LogP contribution >= 0.6 is 0 Å².